The van der Waals surface area contributed by atoms with Crippen molar-refractivity contribution in [3.63, 3.8) is 0 Å². The lowest BCUT2D eigenvalue weighted by atomic mass is 9.92. The highest BCUT2D eigenvalue weighted by molar-refractivity contribution is 5.85. The summed E-state index contributed by atoms with van der Waals surface area (Å²) < 4.78 is 0. The van der Waals surface area contributed by atoms with E-state index in [1.807, 2.05) is 0 Å². The maximum Gasteiger partial charge on any atom is 0.223 e. The lowest BCUT2D eigenvalue weighted by molar-refractivity contribution is -0.126. The van der Waals surface area contributed by atoms with Gasteiger partial charge in [0.2, 0.25) is 5.91 Å². The van der Waals surface area contributed by atoms with Gasteiger partial charge in [-0.15, -0.1) is 12.4 Å². The van der Waals surface area contributed by atoms with E-state index < -0.39 is 0 Å². The second-order valence-electron chi connectivity index (χ2n) is 4.60. The maximum absolute atomic E-state index is 11.9. The first-order valence-corrected chi connectivity index (χ1v) is 6.21. The smallest absolute Gasteiger partial charge is 0.223 e. The van der Waals surface area contributed by atoms with Crippen LogP contribution in [-0.2, 0) is 4.79 Å². The number of amides is 1. The first kappa shape index (κ1) is 15.7. The number of piperidine rings is 1. The Kier molecular flexibility index (Phi) is 7.77. The van der Waals surface area contributed by atoms with Crippen molar-refractivity contribution in [1.29, 1.82) is 0 Å². The number of hydrogen-bond acceptors (Lipinski definition) is 2. The highest BCUT2D eigenvalue weighted by Gasteiger charge is 2.25. The second-order valence-corrected chi connectivity index (χ2v) is 4.60. The minimum Gasteiger partial charge on any atom is -0.353 e. The quantitative estimate of drug-likeness (QED) is 0.800. The molecule has 1 heterocycles. The lowest BCUT2D eigenvalue weighted by Gasteiger charge is -2.28. The van der Waals surface area contributed by atoms with Gasteiger partial charge < -0.3 is 10.6 Å². The van der Waals surface area contributed by atoms with Crippen molar-refractivity contribution in [3.8, 4) is 0 Å². The van der Waals surface area contributed by atoms with Crippen LogP contribution >= 0.6 is 12.4 Å². The van der Waals surface area contributed by atoms with Gasteiger partial charge in [-0.05, 0) is 39.2 Å². The zero-order valence-corrected chi connectivity index (χ0v) is 11.4. The van der Waals surface area contributed by atoms with Crippen LogP contribution in [0.4, 0.5) is 0 Å². The van der Waals surface area contributed by atoms with Gasteiger partial charge in [0, 0.05) is 18.0 Å². The monoisotopic (exact) mass is 248 g/mol. The number of carbonyl (C=O) groups is 1. The Balaban J connectivity index is 0.00000225. The Hall–Kier alpha value is -0.280. The summed E-state index contributed by atoms with van der Waals surface area (Å²) in [6.45, 7) is 7.37. The summed E-state index contributed by atoms with van der Waals surface area (Å²) in [4.78, 5) is 11.9. The van der Waals surface area contributed by atoms with Crippen molar-refractivity contribution in [1.82, 2.24) is 10.6 Å². The van der Waals surface area contributed by atoms with Crippen LogP contribution in [0.5, 0.6) is 0 Å². The Morgan fingerprint density at radius 3 is 2.56 bits per heavy atom. The summed E-state index contributed by atoms with van der Waals surface area (Å²) in [6.07, 6.45) is 4.02. The third-order valence-corrected chi connectivity index (χ3v) is 3.33. The highest BCUT2D eigenvalue weighted by Crippen LogP contribution is 2.16. The van der Waals surface area contributed by atoms with Gasteiger partial charge in [-0.1, -0.05) is 13.8 Å². The standard InChI is InChI=1S/C12H24N2O.ClH/c1-4-11(5-2)14-12(15)10-6-7-13-9(3)8-10;/h9-11,13H,4-8H2,1-3H3,(H,14,15);1H/t9-,10-;/m0./s1. The molecule has 0 aliphatic carbocycles. The van der Waals surface area contributed by atoms with Gasteiger partial charge in [0.25, 0.3) is 0 Å². The van der Waals surface area contributed by atoms with E-state index in [4.69, 9.17) is 0 Å². The van der Waals surface area contributed by atoms with E-state index in [0.717, 1.165) is 32.2 Å². The third kappa shape index (κ3) is 4.71. The largest absolute Gasteiger partial charge is 0.353 e. The molecule has 2 N–H and O–H groups in total. The van der Waals surface area contributed by atoms with Crippen LogP contribution in [-0.4, -0.2) is 24.5 Å². The minimum atomic E-state index is 0. The van der Waals surface area contributed by atoms with Crippen LogP contribution < -0.4 is 10.6 Å². The highest BCUT2D eigenvalue weighted by atomic mass is 35.5. The summed E-state index contributed by atoms with van der Waals surface area (Å²) >= 11 is 0. The molecule has 3 nitrogen and oxygen atoms in total. The molecule has 4 heteroatoms. The molecule has 0 aromatic rings. The van der Waals surface area contributed by atoms with E-state index in [0.29, 0.717) is 12.1 Å². The molecule has 1 rings (SSSR count). The summed E-state index contributed by atoms with van der Waals surface area (Å²) in [7, 11) is 0. The van der Waals surface area contributed by atoms with E-state index in [-0.39, 0.29) is 24.2 Å². The fourth-order valence-corrected chi connectivity index (χ4v) is 2.18. The number of nitrogens with one attached hydrogen (secondary N) is 2. The van der Waals surface area contributed by atoms with Crippen molar-refractivity contribution in [2.75, 3.05) is 6.54 Å². The topological polar surface area (TPSA) is 41.1 Å². The molecule has 1 amide bonds. The van der Waals surface area contributed by atoms with Gasteiger partial charge in [0.05, 0.1) is 0 Å². The van der Waals surface area contributed by atoms with Gasteiger partial charge in [-0.3, -0.25) is 4.79 Å². The Bertz CT molecular complexity index is 207. The van der Waals surface area contributed by atoms with Crippen molar-refractivity contribution >= 4 is 18.3 Å². The Morgan fingerprint density at radius 2 is 2.06 bits per heavy atom. The zero-order valence-electron chi connectivity index (χ0n) is 10.6. The first-order valence-electron chi connectivity index (χ1n) is 6.21. The number of carbonyl (C=O) groups excluding carboxylic acids is 1. The van der Waals surface area contributed by atoms with Crippen LogP contribution in [0, 0.1) is 5.92 Å². The molecule has 1 fully saturated rings. The van der Waals surface area contributed by atoms with Crippen molar-refractivity contribution in [3.05, 3.63) is 0 Å². The molecule has 0 aromatic carbocycles. The minimum absolute atomic E-state index is 0. The first-order chi connectivity index (χ1) is 7.17. The van der Waals surface area contributed by atoms with Crippen molar-refractivity contribution < 1.29 is 4.79 Å². The molecule has 2 atom stereocenters. The summed E-state index contributed by atoms with van der Waals surface area (Å²) in [6, 6.07) is 0.846. The predicted octanol–water partition coefficient (Wildman–Crippen LogP) is 2.10. The van der Waals surface area contributed by atoms with Crippen LogP contribution in [0.1, 0.15) is 46.5 Å². The fraction of sp³-hybridized carbons (Fsp3) is 0.917. The molecular weight excluding hydrogens is 224 g/mol. The van der Waals surface area contributed by atoms with Crippen LogP contribution in [0.25, 0.3) is 0 Å². The molecule has 0 aromatic heterocycles. The predicted molar refractivity (Wildman–Crippen MR) is 69.9 cm³/mol. The van der Waals surface area contributed by atoms with Crippen LogP contribution in [0.15, 0.2) is 0 Å². The van der Waals surface area contributed by atoms with E-state index in [1.54, 1.807) is 0 Å². The average molecular weight is 249 g/mol. The van der Waals surface area contributed by atoms with Gasteiger partial charge in [-0.2, -0.15) is 0 Å². The maximum atomic E-state index is 11.9. The molecule has 1 aliphatic rings. The molecule has 0 spiro atoms. The summed E-state index contributed by atoms with van der Waals surface area (Å²) in [5.41, 5.74) is 0. The number of hydrogen-bond donors (Lipinski definition) is 2. The van der Waals surface area contributed by atoms with Crippen LogP contribution in [0.3, 0.4) is 0 Å². The Labute approximate surface area is 105 Å². The van der Waals surface area contributed by atoms with Gasteiger partial charge >= 0.3 is 0 Å². The van der Waals surface area contributed by atoms with Crippen molar-refractivity contribution in [2.45, 2.75) is 58.5 Å². The molecule has 96 valence electrons. The third-order valence-electron chi connectivity index (χ3n) is 3.33. The molecular formula is C12H25ClN2O. The lowest BCUT2D eigenvalue weighted by Crippen LogP contribution is -2.45. The Morgan fingerprint density at radius 1 is 1.44 bits per heavy atom. The molecule has 0 bridgehead atoms. The van der Waals surface area contributed by atoms with Crippen LogP contribution in [0.2, 0.25) is 0 Å². The SMILES string of the molecule is CCC(CC)NC(=O)[C@H]1CCN[C@@H](C)C1.Cl. The normalized spacial score (nSPS) is 25.0. The van der Waals surface area contributed by atoms with Gasteiger partial charge in [-0.25, -0.2) is 0 Å². The molecule has 0 radical (unpaired) electrons. The molecule has 0 saturated carbocycles. The second kappa shape index (κ2) is 7.91. The zero-order chi connectivity index (χ0) is 11.3. The van der Waals surface area contributed by atoms with Crippen molar-refractivity contribution in [2.24, 2.45) is 5.92 Å². The van der Waals surface area contributed by atoms with Gasteiger partial charge in [0.1, 0.15) is 0 Å². The number of halogens is 1. The van der Waals surface area contributed by atoms with E-state index >= 15 is 0 Å². The van der Waals surface area contributed by atoms with E-state index in [2.05, 4.69) is 31.4 Å². The molecule has 1 saturated heterocycles. The molecule has 16 heavy (non-hydrogen) atoms. The number of rotatable bonds is 4. The molecule has 1 aliphatic heterocycles. The van der Waals surface area contributed by atoms with E-state index in [1.165, 1.54) is 0 Å². The summed E-state index contributed by atoms with van der Waals surface area (Å²) in [5, 5.41) is 6.51. The summed E-state index contributed by atoms with van der Waals surface area (Å²) in [5.74, 6) is 0.485. The van der Waals surface area contributed by atoms with E-state index in [9.17, 15) is 4.79 Å². The van der Waals surface area contributed by atoms with Gasteiger partial charge in [0.15, 0.2) is 0 Å². The average Bonchev–Trinajstić information content (AvgIpc) is 2.25. The molecule has 0 unspecified atom stereocenters. The fourth-order valence-electron chi connectivity index (χ4n) is 2.18.